The van der Waals surface area contributed by atoms with Gasteiger partial charge in [-0.3, -0.25) is 4.79 Å². The van der Waals surface area contributed by atoms with Gasteiger partial charge >= 0.3 is 0 Å². The molecule has 0 N–H and O–H groups in total. The van der Waals surface area contributed by atoms with E-state index in [0.29, 0.717) is 5.91 Å². The highest BCUT2D eigenvalue weighted by Crippen LogP contribution is 2.27. The number of anilines is 2. The molecule has 0 atom stereocenters. The maximum atomic E-state index is 12.8. The fourth-order valence-corrected chi connectivity index (χ4v) is 4.32. The largest absolute Gasteiger partial charge is 0.378 e. The zero-order valence-electron chi connectivity index (χ0n) is 16.3. The number of likely N-dealkylation sites (tertiary alicyclic amines) is 1. The Labute approximate surface area is 161 Å². The minimum atomic E-state index is 0.176. The molecule has 4 heterocycles. The van der Waals surface area contributed by atoms with E-state index < -0.39 is 0 Å². The van der Waals surface area contributed by atoms with Gasteiger partial charge in [-0.2, -0.15) is 0 Å². The molecule has 3 aliphatic rings. The molecule has 0 aliphatic carbocycles. The van der Waals surface area contributed by atoms with Crippen LogP contribution in [0.2, 0.25) is 0 Å². The van der Waals surface area contributed by atoms with Crippen molar-refractivity contribution in [1.82, 2.24) is 14.9 Å². The molecule has 1 aromatic rings. The lowest BCUT2D eigenvalue weighted by Crippen LogP contribution is -2.45. The van der Waals surface area contributed by atoms with Crippen molar-refractivity contribution in [1.29, 1.82) is 0 Å². The monoisotopic (exact) mass is 373 g/mol. The zero-order valence-corrected chi connectivity index (χ0v) is 16.3. The van der Waals surface area contributed by atoms with E-state index in [4.69, 9.17) is 4.74 Å². The first kappa shape index (κ1) is 18.5. The standard InChI is InChI=1S/C20H31N5O2/c1-16-2-6-25(7-3-16)20(26)17-4-8-23(9-5-17)18-14-19(22-15-21-18)24-10-12-27-13-11-24/h14-17H,2-13H2,1H3. The number of morpholine rings is 1. The molecule has 1 aromatic heterocycles. The van der Waals surface area contributed by atoms with Gasteiger partial charge in [0, 0.05) is 51.3 Å². The summed E-state index contributed by atoms with van der Waals surface area (Å²) in [4.78, 5) is 28.4. The van der Waals surface area contributed by atoms with Crippen molar-refractivity contribution in [3.8, 4) is 0 Å². The van der Waals surface area contributed by atoms with Gasteiger partial charge in [-0.05, 0) is 31.6 Å². The fraction of sp³-hybridized carbons (Fsp3) is 0.750. The molecule has 0 bridgehead atoms. The van der Waals surface area contributed by atoms with Gasteiger partial charge in [0.25, 0.3) is 0 Å². The number of piperidine rings is 2. The van der Waals surface area contributed by atoms with Crippen LogP contribution in [0.1, 0.15) is 32.6 Å². The SMILES string of the molecule is CC1CCN(C(=O)C2CCN(c3cc(N4CCOCC4)ncn3)CC2)CC1. The lowest BCUT2D eigenvalue weighted by molar-refractivity contribution is -0.137. The van der Waals surface area contributed by atoms with Crippen LogP contribution in [0.5, 0.6) is 0 Å². The summed E-state index contributed by atoms with van der Waals surface area (Å²) >= 11 is 0. The topological polar surface area (TPSA) is 61.8 Å². The third-order valence-electron chi connectivity index (χ3n) is 6.24. The minimum absolute atomic E-state index is 0.176. The Morgan fingerprint density at radius 1 is 0.926 bits per heavy atom. The van der Waals surface area contributed by atoms with Gasteiger partial charge < -0.3 is 19.4 Å². The van der Waals surface area contributed by atoms with E-state index in [1.165, 1.54) is 0 Å². The smallest absolute Gasteiger partial charge is 0.225 e. The van der Waals surface area contributed by atoms with E-state index in [1.807, 2.05) is 0 Å². The fourth-order valence-electron chi connectivity index (χ4n) is 4.32. The molecule has 7 heteroatoms. The van der Waals surface area contributed by atoms with Crippen LogP contribution in [0, 0.1) is 11.8 Å². The summed E-state index contributed by atoms with van der Waals surface area (Å²) in [5, 5.41) is 0. The van der Waals surface area contributed by atoms with Gasteiger partial charge in [0.15, 0.2) is 0 Å². The highest BCUT2D eigenvalue weighted by atomic mass is 16.5. The zero-order chi connectivity index (χ0) is 18.6. The van der Waals surface area contributed by atoms with Gasteiger partial charge in [0.1, 0.15) is 18.0 Å². The van der Waals surface area contributed by atoms with Gasteiger partial charge in [-0.1, -0.05) is 6.92 Å². The highest BCUT2D eigenvalue weighted by molar-refractivity contribution is 5.79. The normalized spacial score (nSPS) is 22.9. The van der Waals surface area contributed by atoms with E-state index in [9.17, 15) is 4.79 Å². The Morgan fingerprint density at radius 3 is 2.15 bits per heavy atom. The predicted molar refractivity (Wildman–Crippen MR) is 105 cm³/mol. The molecule has 3 saturated heterocycles. The van der Waals surface area contributed by atoms with Crippen molar-refractivity contribution in [3.05, 3.63) is 12.4 Å². The molecule has 4 rings (SSSR count). The van der Waals surface area contributed by atoms with Crippen LogP contribution < -0.4 is 9.80 Å². The second-order valence-corrected chi connectivity index (χ2v) is 8.10. The number of ether oxygens (including phenoxy) is 1. The number of hydrogen-bond donors (Lipinski definition) is 0. The van der Waals surface area contributed by atoms with E-state index in [0.717, 1.165) is 95.7 Å². The van der Waals surface area contributed by atoms with E-state index in [-0.39, 0.29) is 5.92 Å². The summed E-state index contributed by atoms with van der Waals surface area (Å²) in [6.45, 7) is 9.20. The summed E-state index contributed by atoms with van der Waals surface area (Å²) in [7, 11) is 0. The number of rotatable bonds is 3. The molecule has 27 heavy (non-hydrogen) atoms. The summed E-state index contributed by atoms with van der Waals surface area (Å²) in [6, 6.07) is 2.08. The molecule has 0 spiro atoms. The summed E-state index contributed by atoms with van der Waals surface area (Å²) in [6.07, 6.45) is 5.79. The Morgan fingerprint density at radius 2 is 1.52 bits per heavy atom. The van der Waals surface area contributed by atoms with Crippen molar-refractivity contribution >= 4 is 17.5 Å². The second kappa shape index (κ2) is 8.42. The number of nitrogens with zero attached hydrogens (tertiary/aromatic N) is 5. The molecular formula is C20H31N5O2. The van der Waals surface area contributed by atoms with Gasteiger partial charge in [-0.15, -0.1) is 0 Å². The summed E-state index contributed by atoms with van der Waals surface area (Å²) < 4.78 is 5.43. The van der Waals surface area contributed by atoms with Crippen LogP contribution >= 0.6 is 0 Å². The van der Waals surface area contributed by atoms with Gasteiger partial charge in [0.2, 0.25) is 5.91 Å². The number of aromatic nitrogens is 2. The van der Waals surface area contributed by atoms with Gasteiger partial charge in [0.05, 0.1) is 13.2 Å². The van der Waals surface area contributed by atoms with Crippen LogP contribution in [0.15, 0.2) is 12.4 Å². The van der Waals surface area contributed by atoms with E-state index >= 15 is 0 Å². The molecule has 148 valence electrons. The van der Waals surface area contributed by atoms with Crippen LogP contribution in [-0.2, 0) is 9.53 Å². The summed E-state index contributed by atoms with van der Waals surface area (Å²) in [5.41, 5.74) is 0. The van der Waals surface area contributed by atoms with E-state index in [1.54, 1.807) is 6.33 Å². The first-order valence-corrected chi connectivity index (χ1v) is 10.4. The number of carbonyl (C=O) groups is 1. The molecule has 0 aromatic carbocycles. The number of hydrogen-bond acceptors (Lipinski definition) is 6. The maximum Gasteiger partial charge on any atom is 0.225 e. The predicted octanol–water partition coefficient (Wildman–Crippen LogP) is 1.79. The molecule has 7 nitrogen and oxygen atoms in total. The molecule has 3 fully saturated rings. The summed E-state index contributed by atoms with van der Waals surface area (Å²) in [5.74, 6) is 3.26. The lowest BCUT2D eigenvalue weighted by atomic mass is 9.92. The number of carbonyl (C=O) groups excluding carboxylic acids is 1. The average Bonchev–Trinajstić information content (AvgIpc) is 2.75. The highest BCUT2D eigenvalue weighted by Gasteiger charge is 2.30. The second-order valence-electron chi connectivity index (χ2n) is 8.10. The van der Waals surface area contributed by atoms with Crippen molar-refractivity contribution in [3.63, 3.8) is 0 Å². The van der Waals surface area contributed by atoms with Gasteiger partial charge in [-0.25, -0.2) is 9.97 Å². The average molecular weight is 374 g/mol. The van der Waals surface area contributed by atoms with Crippen molar-refractivity contribution in [2.75, 3.05) is 62.3 Å². The molecule has 0 saturated carbocycles. The first-order valence-electron chi connectivity index (χ1n) is 10.4. The molecule has 0 unspecified atom stereocenters. The molecule has 1 amide bonds. The minimum Gasteiger partial charge on any atom is -0.378 e. The first-order chi connectivity index (χ1) is 13.2. The van der Waals surface area contributed by atoms with Crippen LogP contribution in [-0.4, -0.2) is 73.3 Å². The van der Waals surface area contributed by atoms with Crippen LogP contribution in [0.3, 0.4) is 0 Å². The quantitative estimate of drug-likeness (QED) is 0.805. The van der Waals surface area contributed by atoms with Crippen molar-refractivity contribution in [2.24, 2.45) is 11.8 Å². The maximum absolute atomic E-state index is 12.8. The third-order valence-corrected chi connectivity index (χ3v) is 6.24. The Bertz CT molecular complexity index is 633. The van der Waals surface area contributed by atoms with Crippen LogP contribution in [0.25, 0.3) is 0 Å². The van der Waals surface area contributed by atoms with E-state index in [2.05, 4.69) is 37.7 Å². The molecule has 3 aliphatic heterocycles. The Hall–Kier alpha value is -1.89. The Kier molecular flexibility index (Phi) is 5.76. The van der Waals surface area contributed by atoms with Crippen molar-refractivity contribution < 1.29 is 9.53 Å². The molecule has 0 radical (unpaired) electrons. The Balaban J connectivity index is 1.33. The molecular weight excluding hydrogens is 342 g/mol. The number of amides is 1. The third kappa shape index (κ3) is 4.34. The van der Waals surface area contributed by atoms with Crippen LogP contribution in [0.4, 0.5) is 11.6 Å². The van der Waals surface area contributed by atoms with Crippen molar-refractivity contribution in [2.45, 2.75) is 32.6 Å². The lowest BCUT2D eigenvalue weighted by Gasteiger charge is -2.37.